The lowest BCUT2D eigenvalue weighted by Crippen LogP contribution is -2.38. The highest BCUT2D eigenvalue weighted by molar-refractivity contribution is 7.13. The summed E-state index contributed by atoms with van der Waals surface area (Å²) < 4.78 is 2.11. The molecule has 1 aliphatic heterocycles. The third kappa shape index (κ3) is 3.74. The van der Waals surface area contributed by atoms with Gasteiger partial charge in [-0.25, -0.2) is 4.98 Å². The number of thiazole rings is 1. The first kappa shape index (κ1) is 18.0. The predicted octanol–water partition coefficient (Wildman–Crippen LogP) is 1.97. The molecule has 0 bridgehead atoms. The van der Waals surface area contributed by atoms with Gasteiger partial charge in [0.05, 0.1) is 17.2 Å². The molecule has 136 valence electrons. The SMILES string of the molecule is Cc1nc(C)c(C(=O)N2CCC(c3nnc(CN(C)C)n3C)CC2)s1. The monoisotopic (exact) mass is 362 g/mol. The number of rotatable bonds is 4. The van der Waals surface area contributed by atoms with Gasteiger partial charge in [-0.05, 0) is 40.8 Å². The third-order valence-corrected chi connectivity index (χ3v) is 5.76. The molecule has 1 fully saturated rings. The molecule has 0 unspecified atom stereocenters. The van der Waals surface area contributed by atoms with E-state index in [4.69, 9.17) is 0 Å². The molecule has 2 aromatic rings. The first-order valence-corrected chi connectivity index (χ1v) is 9.44. The molecule has 0 saturated carbocycles. The summed E-state index contributed by atoms with van der Waals surface area (Å²) in [6.07, 6.45) is 1.85. The summed E-state index contributed by atoms with van der Waals surface area (Å²) in [6, 6.07) is 0. The van der Waals surface area contributed by atoms with E-state index in [1.165, 1.54) is 11.3 Å². The molecule has 1 saturated heterocycles. The van der Waals surface area contributed by atoms with Crippen molar-refractivity contribution in [2.24, 2.45) is 7.05 Å². The van der Waals surface area contributed by atoms with E-state index in [0.29, 0.717) is 5.92 Å². The van der Waals surface area contributed by atoms with Crippen LogP contribution in [0.2, 0.25) is 0 Å². The lowest BCUT2D eigenvalue weighted by atomic mass is 9.95. The molecule has 0 N–H and O–H groups in total. The Labute approximate surface area is 152 Å². The number of carbonyl (C=O) groups is 1. The maximum Gasteiger partial charge on any atom is 0.265 e. The quantitative estimate of drug-likeness (QED) is 0.832. The van der Waals surface area contributed by atoms with Crippen LogP contribution in [0.4, 0.5) is 0 Å². The molecule has 0 aliphatic carbocycles. The average Bonchev–Trinajstić information content (AvgIpc) is 3.09. The molecule has 0 aromatic carbocycles. The van der Waals surface area contributed by atoms with Crippen LogP contribution in [-0.4, -0.2) is 62.6 Å². The molecule has 2 aromatic heterocycles. The van der Waals surface area contributed by atoms with Gasteiger partial charge in [0.2, 0.25) is 0 Å². The second kappa shape index (κ2) is 7.21. The fourth-order valence-electron chi connectivity index (χ4n) is 3.37. The van der Waals surface area contributed by atoms with E-state index in [1.807, 2.05) is 39.9 Å². The summed E-state index contributed by atoms with van der Waals surface area (Å²) in [6.45, 7) is 6.16. The van der Waals surface area contributed by atoms with Crippen molar-refractivity contribution < 1.29 is 4.79 Å². The normalized spacial score (nSPS) is 16.0. The van der Waals surface area contributed by atoms with E-state index in [2.05, 4.69) is 24.6 Å². The molecule has 3 heterocycles. The first-order chi connectivity index (χ1) is 11.9. The van der Waals surface area contributed by atoms with Crippen molar-refractivity contribution in [3.05, 3.63) is 27.2 Å². The predicted molar refractivity (Wildman–Crippen MR) is 97.9 cm³/mol. The Morgan fingerprint density at radius 2 is 1.92 bits per heavy atom. The Morgan fingerprint density at radius 3 is 2.48 bits per heavy atom. The van der Waals surface area contributed by atoms with Gasteiger partial charge in [-0.3, -0.25) is 4.79 Å². The minimum absolute atomic E-state index is 0.118. The van der Waals surface area contributed by atoms with E-state index in [-0.39, 0.29) is 5.91 Å². The van der Waals surface area contributed by atoms with Gasteiger partial charge in [0.1, 0.15) is 16.5 Å². The second-order valence-corrected chi connectivity index (χ2v) is 8.19. The van der Waals surface area contributed by atoms with Crippen LogP contribution in [0.25, 0.3) is 0 Å². The molecule has 0 spiro atoms. The van der Waals surface area contributed by atoms with Crippen LogP contribution in [0, 0.1) is 13.8 Å². The van der Waals surface area contributed by atoms with E-state index in [1.54, 1.807) is 0 Å². The molecule has 1 amide bonds. The van der Waals surface area contributed by atoms with Gasteiger partial charge in [-0.15, -0.1) is 21.5 Å². The fraction of sp³-hybridized carbons (Fsp3) is 0.647. The summed E-state index contributed by atoms with van der Waals surface area (Å²) in [5.74, 6) is 2.50. The summed E-state index contributed by atoms with van der Waals surface area (Å²) in [5, 5.41) is 9.69. The maximum atomic E-state index is 12.7. The average molecular weight is 363 g/mol. The number of hydrogen-bond acceptors (Lipinski definition) is 6. The van der Waals surface area contributed by atoms with E-state index < -0.39 is 0 Å². The minimum Gasteiger partial charge on any atom is -0.338 e. The molecular weight excluding hydrogens is 336 g/mol. The highest BCUT2D eigenvalue weighted by Crippen LogP contribution is 2.29. The maximum absolute atomic E-state index is 12.7. The smallest absolute Gasteiger partial charge is 0.265 e. The molecule has 1 aliphatic rings. The molecule has 0 radical (unpaired) electrons. The Morgan fingerprint density at radius 1 is 1.24 bits per heavy atom. The molecular formula is C17H26N6OS. The van der Waals surface area contributed by atoms with Crippen molar-refractivity contribution in [2.75, 3.05) is 27.2 Å². The van der Waals surface area contributed by atoms with E-state index in [0.717, 1.165) is 59.7 Å². The molecule has 8 heteroatoms. The molecule has 3 rings (SSSR count). The number of likely N-dealkylation sites (tertiary alicyclic amines) is 1. The lowest BCUT2D eigenvalue weighted by Gasteiger charge is -2.31. The van der Waals surface area contributed by atoms with Crippen molar-refractivity contribution in [3.8, 4) is 0 Å². The Balaban J connectivity index is 1.65. The van der Waals surface area contributed by atoms with Crippen LogP contribution in [0.1, 0.15) is 50.8 Å². The largest absolute Gasteiger partial charge is 0.338 e. The summed E-state index contributed by atoms with van der Waals surface area (Å²) >= 11 is 1.49. The highest BCUT2D eigenvalue weighted by Gasteiger charge is 2.29. The van der Waals surface area contributed by atoms with Gasteiger partial charge in [0.25, 0.3) is 5.91 Å². The topological polar surface area (TPSA) is 67.2 Å². The van der Waals surface area contributed by atoms with Crippen LogP contribution in [0.3, 0.4) is 0 Å². The van der Waals surface area contributed by atoms with Gasteiger partial charge in [0.15, 0.2) is 0 Å². The van der Waals surface area contributed by atoms with Crippen molar-refractivity contribution in [1.82, 2.24) is 29.5 Å². The second-order valence-electron chi connectivity index (χ2n) is 6.99. The number of aromatic nitrogens is 4. The van der Waals surface area contributed by atoms with Crippen molar-refractivity contribution >= 4 is 17.2 Å². The lowest BCUT2D eigenvalue weighted by molar-refractivity contribution is 0.0714. The van der Waals surface area contributed by atoms with Crippen LogP contribution in [0.5, 0.6) is 0 Å². The van der Waals surface area contributed by atoms with Crippen LogP contribution in [-0.2, 0) is 13.6 Å². The Bertz CT molecular complexity index is 757. The van der Waals surface area contributed by atoms with Crippen molar-refractivity contribution in [3.63, 3.8) is 0 Å². The minimum atomic E-state index is 0.118. The van der Waals surface area contributed by atoms with E-state index in [9.17, 15) is 4.79 Å². The summed E-state index contributed by atoms with van der Waals surface area (Å²) in [7, 11) is 6.10. The van der Waals surface area contributed by atoms with Crippen LogP contribution >= 0.6 is 11.3 Å². The van der Waals surface area contributed by atoms with Crippen LogP contribution < -0.4 is 0 Å². The fourth-order valence-corrected chi connectivity index (χ4v) is 4.25. The summed E-state index contributed by atoms with van der Waals surface area (Å²) in [4.78, 5) is 21.9. The summed E-state index contributed by atoms with van der Waals surface area (Å²) in [5.41, 5.74) is 0.844. The highest BCUT2D eigenvalue weighted by atomic mass is 32.1. The zero-order valence-corrected chi connectivity index (χ0v) is 16.4. The molecule has 25 heavy (non-hydrogen) atoms. The van der Waals surface area contributed by atoms with Crippen molar-refractivity contribution in [1.29, 1.82) is 0 Å². The Kier molecular flexibility index (Phi) is 5.19. The number of amides is 1. The van der Waals surface area contributed by atoms with Gasteiger partial charge >= 0.3 is 0 Å². The number of carbonyl (C=O) groups excluding carboxylic acids is 1. The zero-order valence-electron chi connectivity index (χ0n) is 15.6. The van der Waals surface area contributed by atoms with Crippen molar-refractivity contribution in [2.45, 2.75) is 39.2 Å². The number of piperidine rings is 1. The number of hydrogen-bond donors (Lipinski definition) is 0. The third-order valence-electron chi connectivity index (χ3n) is 4.70. The van der Waals surface area contributed by atoms with E-state index >= 15 is 0 Å². The van der Waals surface area contributed by atoms with Gasteiger partial charge in [-0.1, -0.05) is 0 Å². The van der Waals surface area contributed by atoms with Gasteiger partial charge in [0, 0.05) is 26.1 Å². The Hall–Kier alpha value is -1.80. The zero-order chi connectivity index (χ0) is 18.1. The standard InChI is InChI=1S/C17H26N6OS/c1-11-15(25-12(2)18-11)17(24)23-8-6-13(7-9-23)16-20-19-14(22(16)5)10-21(3)4/h13H,6-10H2,1-5H3. The first-order valence-electron chi connectivity index (χ1n) is 8.63. The molecule has 7 nitrogen and oxygen atoms in total. The van der Waals surface area contributed by atoms with Crippen LogP contribution in [0.15, 0.2) is 0 Å². The van der Waals surface area contributed by atoms with Gasteiger partial charge in [-0.2, -0.15) is 0 Å². The number of aryl methyl sites for hydroxylation is 2. The molecule has 0 atom stereocenters. The van der Waals surface area contributed by atoms with Gasteiger partial charge < -0.3 is 14.4 Å². The number of nitrogens with zero attached hydrogens (tertiary/aromatic N) is 6.